The van der Waals surface area contributed by atoms with Gasteiger partial charge >= 0.3 is 0 Å². The van der Waals surface area contributed by atoms with Crippen molar-refractivity contribution < 1.29 is 0 Å². The Morgan fingerprint density at radius 3 is 2.61 bits per heavy atom. The molecule has 3 aromatic heterocycles. The summed E-state index contributed by atoms with van der Waals surface area (Å²) < 4.78 is 2.12. The maximum absolute atomic E-state index is 4.69. The average Bonchev–Trinajstić information content (AvgIpc) is 2.67. The van der Waals surface area contributed by atoms with Crippen LogP contribution in [0.4, 0.5) is 0 Å². The van der Waals surface area contributed by atoms with Gasteiger partial charge in [-0.1, -0.05) is 26.8 Å². The van der Waals surface area contributed by atoms with Crippen LogP contribution < -0.4 is 0 Å². The Morgan fingerprint density at radius 2 is 1.89 bits per heavy atom. The SMILES string of the molecule is Cc1nc(C(C)(C)C)cc2c1nc1ccccn12. The molecule has 0 aliphatic rings. The van der Waals surface area contributed by atoms with E-state index in [1.807, 2.05) is 25.1 Å². The lowest BCUT2D eigenvalue weighted by Gasteiger charge is -2.18. The molecule has 0 radical (unpaired) electrons. The Kier molecular flexibility index (Phi) is 2.21. The summed E-state index contributed by atoms with van der Waals surface area (Å²) >= 11 is 0. The number of rotatable bonds is 0. The zero-order chi connectivity index (χ0) is 12.9. The summed E-state index contributed by atoms with van der Waals surface area (Å²) in [5.74, 6) is 0. The summed E-state index contributed by atoms with van der Waals surface area (Å²) in [4.78, 5) is 9.33. The van der Waals surface area contributed by atoms with Crippen LogP contribution in [0.5, 0.6) is 0 Å². The molecule has 3 heterocycles. The zero-order valence-corrected chi connectivity index (χ0v) is 11.2. The highest BCUT2D eigenvalue weighted by Crippen LogP contribution is 2.26. The highest BCUT2D eigenvalue weighted by atomic mass is 15.0. The molecule has 0 spiro atoms. The fourth-order valence-corrected chi connectivity index (χ4v) is 2.20. The van der Waals surface area contributed by atoms with E-state index in [2.05, 4.69) is 42.4 Å². The van der Waals surface area contributed by atoms with Crippen molar-refractivity contribution >= 4 is 16.7 Å². The van der Waals surface area contributed by atoms with E-state index in [-0.39, 0.29) is 5.41 Å². The van der Waals surface area contributed by atoms with Crippen LogP contribution in [0.2, 0.25) is 0 Å². The zero-order valence-electron chi connectivity index (χ0n) is 11.2. The number of hydrogen-bond donors (Lipinski definition) is 0. The van der Waals surface area contributed by atoms with Gasteiger partial charge < -0.3 is 0 Å². The molecular weight excluding hydrogens is 222 g/mol. The third-order valence-corrected chi connectivity index (χ3v) is 3.24. The first kappa shape index (κ1) is 11.2. The van der Waals surface area contributed by atoms with E-state index in [0.717, 1.165) is 28.1 Å². The molecule has 0 atom stereocenters. The van der Waals surface area contributed by atoms with Crippen LogP contribution in [0.25, 0.3) is 16.7 Å². The fraction of sp³-hybridized carbons (Fsp3) is 0.333. The highest BCUT2D eigenvalue weighted by Gasteiger charge is 2.18. The molecular formula is C15H17N3. The minimum Gasteiger partial charge on any atom is -0.300 e. The Balaban J connectivity index is 2.44. The smallest absolute Gasteiger partial charge is 0.137 e. The van der Waals surface area contributed by atoms with E-state index < -0.39 is 0 Å². The van der Waals surface area contributed by atoms with Crippen molar-refractivity contribution in [2.75, 3.05) is 0 Å². The summed E-state index contributed by atoms with van der Waals surface area (Å²) in [6.45, 7) is 8.58. The number of nitrogens with zero attached hydrogens (tertiary/aromatic N) is 3. The van der Waals surface area contributed by atoms with Crippen LogP contribution in [-0.4, -0.2) is 14.4 Å². The minimum absolute atomic E-state index is 0.0535. The summed E-state index contributed by atoms with van der Waals surface area (Å²) in [6.07, 6.45) is 2.05. The van der Waals surface area contributed by atoms with E-state index in [1.54, 1.807) is 0 Å². The molecule has 0 fully saturated rings. The van der Waals surface area contributed by atoms with Crippen molar-refractivity contribution in [1.82, 2.24) is 14.4 Å². The third kappa shape index (κ3) is 1.58. The molecule has 92 valence electrons. The fourth-order valence-electron chi connectivity index (χ4n) is 2.20. The number of fused-ring (bicyclic) bond motifs is 3. The second kappa shape index (κ2) is 3.55. The Bertz CT molecular complexity index is 732. The van der Waals surface area contributed by atoms with Crippen molar-refractivity contribution in [2.45, 2.75) is 33.1 Å². The van der Waals surface area contributed by atoms with Gasteiger partial charge in [-0.05, 0) is 25.1 Å². The molecule has 18 heavy (non-hydrogen) atoms. The number of aryl methyl sites for hydroxylation is 1. The molecule has 0 saturated heterocycles. The van der Waals surface area contributed by atoms with Crippen LogP contribution in [0.1, 0.15) is 32.2 Å². The second-order valence-electron chi connectivity index (χ2n) is 5.75. The van der Waals surface area contributed by atoms with Gasteiger partial charge in [0.2, 0.25) is 0 Å². The molecule has 0 aromatic carbocycles. The number of pyridine rings is 2. The van der Waals surface area contributed by atoms with Gasteiger partial charge in [-0.3, -0.25) is 9.38 Å². The van der Waals surface area contributed by atoms with Gasteiger partial charge in [-0.2, -0.15) is 0 Å². The number of aromatic nitrogens is 3. The molecule has 3 aromatic rings. The molecule has 3 rings (SSSR count). The molecule has 0 unspecified atom stereocenters. The van der Waals surface area contributed by atoms with Crippen LogP contribution in [0, 0.1) is 6.92 Å². The van der Waals surface area contributed by atoms with Gasteiger partial charge in [-0.15, -0.1) is 0 Å². The second-order valence-corrected chi connectivity index (χ2v) is 5.75. The Morgan fingerprint density at radius 1 is 1.11 bits per heavy atom. The first-order valence-corrected chi connectivity index (χ1v) is 6.22. The van der Waals surface area contributed by atoms with Crippen molar-refractivity contribution in [3.63, 3.8) is 0 Å². The van der Waals surface area contributed by atoms with Gasteiger partial charge in [0.25, 0.3) is 0 Å². The van der Waals surface area contributed by atoms with Gasteiger partial charge in [0.15, 0.2) is 0 Å². The lowest BCUT2D eigenvalue weighted by Crippen LogP contribution is -2.14. The molecule has 0 N–H and O–H groups in total. The van der Waals surface area contributed by atoms with Gasteiger partial charge in [0, 0.05) is 17.3 Å². The standard InChI is InChI=1S/C15H17N3/c1-10-14-11(9-12(16-10)15(2,3)4)18-8-6-5-7-13(18)17-14/h5-9H,1-4H3. The van der Waals surface area contributed by atoms with Crippen LogP contribution in [0.15, 0.2) is 30.5 Å². The van der Waals surface area contributed by atoms with Crippen LogP contribution >= 0.6 is 0 Å². The quantitative estimate of drug-likeness (QED) is 0.601. The van der Waals surface area contributed by atoms with Gasteiger partial charge in [-0.25, -0.2) is 4.98 Å². The monoisotopic (exact) mass is 239 g/mol. The average molecular weight is 239 g/mol. The summed E-state index contributed by atoms with van der Waals surface area (Å²) in [5.41, 5.74) is 5.28. The van der Waals surface area contributed by atoms with Gasteiger partial charge in [0.05, 0.1) is 11.2 Å². The van der Waals surface area contributed by atoms with E-state index in [9.17, 15) is 0 Å². The summed E-state index contributed by atoms with van der Waals surface area (Å²) in [7, 11) is 0. The lowest BCUT2D eigenvalue weighted by atomic mass is 9.91. The molecule has 0 bridgehead atoms. The van der Waals surface area contributed by atoms with E-state index in [1.165, 1.54) is 0 Å². The van der Waals surface area contributed by atoms with Gasteiger partial charge in [0.1, 0.15) is 11.2 Å². The van der Waals surface area contributed by atoms with Crippen molar-refractivity contribution in [2.24, 2.45) is 0 Å². The maximum Gasteiger partial charge on any atom is 0.137 e. The molecule has 0 amide bonds. The number of imidazole rings is 1. The number of hydrogen-bond acceptors (Lipinski definition) is 2. The largest absolute Gasteiger partial charge is 0.300 e. The first-order chi connectivity index (χ1) is 8.47. The summed E-state index contributed by atoms with van der Waals surface area (Å²) in [6, 6.07) is 8.22. The highest BCUT2D eigenvalue weighted by molar-refractivity contribution is 5.82. The minimum atomic E-state index is 0.0535. The van der Waals surface area contributed by atoms with E-state index in [4.69, 9.17) is 4.98 Å². The topological polar surface area (TPSA) is 30.2 Å². The lowest BCUT2D eigenvalue weighted by molar-refractivity contribution is 0.568. The van der Waals surface area contributed by atoms with Crippen LogP contribution in [-0.2, 0) is 5.41 Å². The molecule has 0 aliphatic carbocycles. The van der Waals surface area contributed by atoms with Crippen molar-refractivity contribution in [1.29, 1.82) is 0 Å². The first-order valence-electron chi connectivity index (χ1n) is 6.22. The van der Waals surface area contributed by atoms with E-state index >= 15 is 0 Å². The predicted molar refractivity (Wildman–Crippen MR) is 73.9 cm³/mol. The predicted octanol–water partition coefficient (Wildman–Crippen LogP) is 3.49. The molecule has 3 heteroatoms. The molecule has 0 aliphatic heterocycles. The summed E-state index contributed by atoms with van der Waals surface area (Å²) in [5, 5.41) is 0. The third-order valence-electron chi connectivity index (χ3n) is 3.24. The van der Waals surface area contributed by atoms with E-state index in [0.29, 0.717) is 0 Å². The maximum atomic E-state index is 4.69. The van der Waals surface area contributed by atoms with Crippen molar-refractivity contribution in [3.05, 3.63) is 41.9 Å². The Hall–Kier alpha value is -1.90. The van der Waals surface area contributed by atoms with Crippen molar-refractivity contribution in [3.8, 4) is 0 Å². The normalized spacial score (nSPS) is 12.4. The van der Waals surface area contributed by atoms with Crippen LogP contribution in [0.3, 0.4) is 0 Å². The molecule has 0 saturated carbocycles. The molecule has 3 nitrogen and oxygen atoms in total. The Labute approximate surface area is 106 Å².